The number of hydrogen-bond donors (Lipinski definition) is 3. The molecule has 0 spiro atoms. The van der Waals surface area contributed by atoms with Crippen LogP contribution in [0.5, 0.6) is 0 Å². The van der Waals surface area contributed by atoms with E-state index in [0.717, 1.165) is 5.56 Å². The number of nitrogens with zero attached hydrogens (tertiary/aromatic N) is 2. The fourth-order valence-corrected chi connectivity index (χ4v) is 1.64. The summed E-state index contributed by atoms with van der Waals surface area (Å²) < 4.78 is 36.9. The maximum atomic E-state index is 12.3. The summed E-state index contributed by atoms with van der Waals surface area (Å²) in [5.41, 5.74) is 7.07. The van der Waals surface area contributed by atoms with Crippen LogP contribution < -0.4 is 11.1 Å². The summed E-state index contributed by atoms with van der Waals surface area (Å²) in [5, 5.41) is 7.19. The summed E-state index contributed by atoms with van der Waals surface area (Å²) in [6.07, 6.45) is -4.20. The Kier molecular flexibility index (Phi) is 5.75. The van der Waals surface area contributed by atoms with Crippen LogP contribution in [0.2, 0.25) is 0 Å². The standard InChI is InChI=1S/C12H12F3N5O.ClH/c13-12(14,15)10-18-11(20-19-10)17-9(21)6-5-7-3-1-2-4-8(7)16;/h1-4H,5-6,16H2,(H2,17,18,19,20,21);1H. The molecule has 10 heteroatoms. The van der Waals surface area contributed by atoms with E-state index in [-0.39, 0.29) is 18.8 Å². The van der Waals surface area contributed by atoms with Crippen molar-refractivity contribution in [2.75, 3.05) is 11.1 Å². The third kappa shape index (κ3) is 4.62. The van der Waals surface area contributed by atoms with Crippen LogP contribution in [-0.2, 0) is 17.4 Å². The zero-order chi connectivity index (χ0) is 15.5. The van der Waals surface area contributed by atoms with Crippen LogP contribution in [0.4, 0.5) is 24.8 Å². The molecule has 0 atom stereocenters. The number of nitrogens with two attached hydrogens (primary N) is 1. The average Bonchev–Trinajstić information content (AvgIpc) is 2.86. The first-order valence-corrected chi connectivity index (χ1v) is 5.99. The summed E-state index contributed by atoms with van der Waals surface area (Å²) >= 11 is 0. The molecule has 1 heterocycles. The van der Waals surface area contributed by atoms with Crippen molar-refractivity contribution < 1.29 is 18.0 Å². The second-order valence-corrected chi connectivity index (χ2v) is 4.25. The number of anilines is 2. The van der Waals surface area contributed by atoms with Gasteiger partial charge in [-0.2, -0.15) is 18.2 Å². The maximum absolute atomic E-state index is 12.3. The van der Waals surface area contributed by atoms with Crippen LogP contribution in [0.3, 0.4) is 0 Å². The Hall–Kier alpha value is -2.29. The first-order valence-electron chi connectivity index (χ1n) is 5.99. The molecule has 0 aliphatic carbocycles. The number of aromatic amines is 1. The Balaban J connectivity index is 0.00000242. The smallest absolute Gasteiger partial charge is 0.399 e. The summed E-state index contributed by atoms with van der Waals surface area (Å²) in [6.45, 7) is 0. The molecule has 0 bridgehead atoms. The van der Waals surface area contributed by atoms with Gasteiger partial charge in [-0.25, -0.2) is 0 Å². The quantitative estimate of drug-likeness (QED) is 0.747. The molecule has 0 unspecified atom stereocenters. The predicted octanol–water partition coefficient (Wildman–Crippen LogP) is 2.40. The third-order valence-electron chi connectivity index (χ3n) is 2.68. The molecule has 0 aliphatic heterocycles. The number of alkyl halides is 3. The van der Waals surface area contributed by atoms with Crippen molar-refractivity contribution in [3.63, 3.8) is 0 Å². The van der Waals surface area contributed by atoms with Gasteiger partial charge in [0.1, 0.15) is 0 Å². The van der Waals surface area contributed by atoms with Crippen LogP contribution in [-0.4, -0.2) is 21.1 Å². The van der Waals surface area contributed by atoms with E-state index in [2.05, 4.69) is 15.4 Å². The van der Waals surface area contributed by atoms with E-state index in [0.29, 0.717) is 12.1 Å². The van der Waals surface area contributed by atoms with Crippen molar-refractivity contribution in [3.8, 4) is 0 Å². The summed E-state index contributed by atoms with van der Waals surface area (Å²) in [4.78, 5) is 14.8. The molecule has 2 rings (SSSR count). The van der Waals surface area contributed by atoms with Gasteiger partial charge in [0.05, 0.1) is 0 Å². The third-order valence-corrected chi connectivity index (χ3v) is 2.68. The highest BCUT2D eigenvalue weighted by Crippen LogP contribution is 2.26. The van der Waals surface area contributed by atoms with Gasteiger partial charge in [-0.3, -0.25) is 15.2 Å². The number of halogens is 4. The largest absolute Gasteiger partial charge is 0.451 e. The lowest BCUT2D eigenvalue weighted by Crippen LogP contribution is -2.14. The fraction of sp³-hybridized carbons (Fsp3) is 0.250. The Labute approximate surface area is 129 Å². The average molecular weight is 336 g/mol. The van der Waals surface area contributed by atoms with Gasteiger partial charge >= 0.3 is 6.18 Å². The molecular weight excluding hydrogens is 323 g/mol. The molecule has 1 amide bonds. The van der Waals surface area contributed by atoms with E-state index in [1.54, 1.807) is 29.4 Å². The molecule has 0 fully saturated rings. The minimum absolute atomic E-state index is 0. The lowest BCUT2D eigenvalue weighted by Gasteiger charge is -2.04. The first-order chi connectivity index (χ1) is 9.86. The van der Waals surface area contributed by atoms with Crippen LogP contribution in [0.15, 0.2) is 24.3 Å². The van der Waals surface area contributed by atoms with E-state index in [4.69, 9.17) is 5.73 Å². The number of rotatable bonds is 4. The van der Waals surface area contributed by atoms with Gasteiger partial charge in [0, 0.05) is 12.1 Å². The Morgan fingerprint density at radius 2 is 2.00 bits per heavy atom. The second kappa shape index (κ2) is 7.12. The zero-order valence-electron chi connectivity index (χ0n) is 11.1. The SMILES string of the molecule is Cl.Nc1ccccc1CCC(=O)Nc1n[nH]c(C(F)(F)F)n1. The van der Waals surface area contributed by atoms with Crippen LogP contribution in [0.1, 0.15) is 17.8 Å². The van der Waals surface area contributed by atoms with Crippen molar-refractivity contribution in [1.82, 2.24) is 15.2 Å². The molecule has 0 radical (unpaired) electrons. The number of para-hydroxylation sites is 1. The van der Waals surface area contributed by atoms with Crippen molar-refractivity contribution in [2.24, 2.45) is 0 Å². The maximum Gasteiger partial charge on any atom is 0.451 e. The zero-order valence-corrected chi connectivity index (χ0v) is 12.0. The molecular formula is C12H13ClF3N5O. The molecule has 4 N–H and O–H groups in total. The van der Waals surface area contributed by atoms with E-state index >= 15 is 0 Å². The van der Waals surface area contributed by atoms with Crippen LogP contribution in [0.25, 0.3) is 0 Å². The van der Waals surface area contributed by atoms with Gasteiger partial charge in [-0.1, -0.05) is 18.2 Å². The predicted molar refractivity (Wildman–Crippen MR) is 76.4 cm³/mol. The number of amides is 1. The highest BCUT2D eigenvalue weighted by Gasteiger charge is 2.35. The molecule has 0 saturated heterocycles. The minimum atomic E-state index is -4.63. The molecule has 1 aromatic carbocycles. The van der Waals surface area contributed by atoms with Gasteiger partial charge in [-0.05, 0) is 18.1 Å². The molecule has 120 valence electrons. The number of H-pyrrole nitrogens is 1. The van der Waals surface area contributed by atoms with Gasteiger partial charge in [-0.15, -0.1) is 17.5 Å². The van der Waals surface area contributed by atoms with E-state index in [1.807, 2.05) is 0 Å². The topological polar surface area (TPSA) is 96.7 Å². The number of aryl methyl sites for hydroxylation is 1. The number of carbonyl (C=O) groups excluding carboxylic acids is 1. The van der Waals surface area contributed by atoms with Gasteiger partial charge in [0.2, 0.25) is 17.7 Å². The molecule has 22 heavy (non-hydrogen) atoms. The molecule has 0 saturated carbocycles. The Bertz CT molecular complexity index is 644. The summed E-state index contributed by atoms with van der Waals surface area (Å²) in [6, 6.07) is 7.04. The van der Waals surface area contributed by atoms with Gasteiger partial charge < -0.3 is 5.73 Å². The van der Waals surface area contributed by atoms with Crippen molar-refractivity contribution in [2.45, 2.75) is 19.0 Å². The number of benzene rings is 1. The molecule has 2 aromatic rings. The number of hydrogen-bond acceptors (Lipinski definition) is 4. The van der Waals surface area contributed by atoms with Gasteiger partial charge in [0.15, 0.2) is 0 Å². The summed E-state index contributed by atoms with van der Waals surface area (Å²) in [5.74, 6) is -2.16. The van der Waals surface area contributed by atoms with Crippen molar-refractivity contribution >= 4 is 29.9 Å². The van der Waals surface area contributed by atoms with E-state index in [1.165, 1.54) is 0 Å². The number of nitrogens with one attached hydrogen (secondary N) is 2. The highest BCUT2D eigenvalue weighted by molar-refractivity contribution is 5.89. The fourth-order valence-electron chi connectivity index (χ4n) is 1.64. The molecule has 0 aliphatic rings. The van der Waals surface area contributed by atoms with Crippen LogP contribution >= 0.6 is 12.4 Å². The van der Waals surface area contributed by atoms with Crippen molar-refractivity contribution in [1.29, 1.82) is 0 Å². The van der Waals surface area contributed by atoms with E-state index < -0.39 is 23.9 Å². The number of aromatic nitrogens is 3. The number of nitrogen functional groups attached to an aromatic ring is 1. The Morgan fingerprint density at radius 3 is 2.59 bits per heavy atom. The number of carbonyl (C=O) groups is 1. The highest BCUT2D eigenvalue weighted by atomic mass is 35.5. The first kappa shape index (κ1) is 17.8. The molecule has 6 nitrogen and oxygen atoms in total. The summed E-state index contributed by atoms with van der Waals surface area (Å²) in [7, 11) is 0. The lowest BCUT2D eigenvalue weighted by molar-refractivity contribution is -0.144. The Morgan fingerprint density at radius 1 is 1.32 bits per heavy atom. The van der Waals surface area contributed by atoms with Gasteiger partial charge in [0.25, 0.3) is 0 Å². The minimum Gasteiger partial charge on any atom is -0.399 e. The molecule has 1 aromatic heterocycles. The van der Waals surface area contributed by atoms with Crippen molar-refractivity contribution in [3.05, 3.63) is 35.7 Å². The van der Waals surface area contributed by atoms with Crippen LogP contribution in [0, 0.1) is 0 Å². The monoisotopic (exact) mass is 335 g/mol. The van der Waals surface area contributed by atoms with E-state index in [9.17, 15) is 18.0 Å². The lowest BCUT2D eigenvalue weighted by atomic mass is 10.1. The normalized spacial score (nSPS) is 10.9. The second-order valence-electron chi connectivity index (χ2n) is 4.25.